The Labute approximate surface area is 152 Å². The standard InChI is InChI=1S/C19H24N4O3/c24-16(15-4-2-1-3-5-15)20-22-18(26)23-21-17(25)19-9-12-6-13(10-19)8-14(7-12)11-19/h1-5,12-14H,6-11H2,(H,20,24)(H,21,25)(H2,22,23,26). The van der Waals surface area contributed by atoms with Gasteiger partial charge in [0.2, 0.25) is 5.91 Å². The molecule has 7 heteroatoms. The lowest BCUT2D eigenvalue weighted by molar-refractivity contribution is -0.147. The maximum atomic E-state index is 12.7. The summed E-state index contributed by atoms with van der Waals surface area (Å²) in [4.78, 5) is 36.5. The second kappa shape index (κ2) is 6.63. The molecule has 4 N–H and O–H groups in total. The van der Waals surface area contributed by atoms with Crippen LogP contribution in [0.25, 0.3) is 0 Å². The molecular formula is C19H24N4O3. The van der Waals surface area contributed by atoms with Crippen LogP contribution in [0.5, 0.6) is 0 Å². The van der Waals surface area contributed by atoms with Crippen LogP contribution in [0.3, 0.4) is 0 Å². The molecule has 4 saturated carbocycles. The molecule has 0 aliphatic heterocycles. The Balaban J connectivity index is 1.26. The van der Waals surface area contributed by atoms with Gasteiger partial charge in [-0.2, -0.15) is 0 Å². The van der Waals surface area contributed by atoms with Gasteiger partial charge in [-0.25, -0.2) is 15.6 Å². The Bertz CT molecular complexity index is 683. The van der Waals surface area contributed by atoms with Gasteiger partial charge in [-0.15, -0.1) is 0 Å². The molecule has 4 aliphatic carbocycles. The number of amides is 4. The lowest BCUT2D eigenvalue weighted by Gasteiger charge is -2.55. The number of carbonyl (C=O) groups excluding carboxylic acids is 3. The van der Waals surface area contributed by atoms with E-state index in [4.69, 9.17) is 0 Å². The van der Waals surface area contributed by atoms with Gasteiger partial charge in [-0.05, 0) is 68.4 Å². The molecule has 7 nitrogen and oxygen atoms in total. The normalized spacial score (nSPS) is 31.2. The average molecular weight is 356 g/mol. The second-order valence-electron chi connectivity index (χ2n) is 8.05. The second-order valence-corrected chi connectivity index (χ2v) is 8.05. The number of benzene rings is 1. The van der Waals surface area contributed by atoms with Gasteiger partial charge in [0.05, 0.1) is 5.41 Å². The van der Waals surface area contributed by atoms with Gasteiger partial charge in [0, 0.05) is 5.56 Å². The number of rotatable bonds is 2. The van der Waals surface area contributed by atoms with Gasteiger partial charge in [0.25, 0.3) is 5.91 Å². The zero-order chi connectivity index (χ0) is 18.1. The van der Waals surface area contributed by atoms with Crippen LogP contribution in [0.2, 0.25) is 0 Å². The number of hydrogen-bond acceptors (Lipinski definition) is 3. The van der Waals surface area contributed by atoms with E-state index in [1.165, 1.54) is 19.3 Å². The molecule has 1 aromatic carbocycles. The van der Waals surface area contributed by atoms with Crippen molar-refractivity contribution >= 4 is 17.8 Å². The third-order valence-corrected chi connectivity index (χ3v) is 6.14. The van der Waals surface area contributed by atoms with Crippen LogP contribution in [-0.4, -0.2) is 17.8 Å². The molecule has 4 aliphatic rings. The van der Waals surface area contributed by atoms with Gasteiger partial charge < -0.3 is 0 Å². The number of urea groups is 1. The monoisotopic (exact) mass is 356 g/mol. The van der Waals surface area contributed by atoms with Gasteiger partial charge in [0.15, 0.2) is 0 Å². The third kappa shape index (κ3) is 3.25. The summed E-state index contributed by atoms with van der Waals surface area (Å²) in [6.07, 6.45) is 6.56. The van der Waals surface area contributed by atoms with Gasteiger partial charge >= 0.3 is 6.03 Å². The van der Waals surface area contributed by atoms with E-state index in [0.29, 0.717) is 23.3 Å². The number of hydrazine groups is 2. The van der Waals surface area contributed by atoms with Crippen LogP contribution >= 0.6 is 0 Å². The first-order chi connectivity index (χ1) is 12.5. The molecule has 0 spiro atoms. The maximum absolute atomic E-state index is 12.7. The number of hydrogen-bond donors (Lipinski definition) is 4. The molecule has 0 saturated heterocycles. The summed E-state index contributed by atoms with van der Waals surface area (Å²) < 4.78 is 0. The first kappa shape index (κ1) is 16.9. The van der Waals surface area contributed by atoms with Crippen molar-refractivity contribution in [3.8, 4) is 0 Å². The quantitative estimate of drug-likeness (QED) is 0.609. The minimum absolute atomic E-state index is 0.0962. The predicted molar refractivity (Wildman–Crippen MR) is 94.3 cm³/mol. The minimum Gasteiger partial charge on any atom is -0.273 e. The van der Waals surface area contributed by atoms with Gasteiger partial charge in [0.1, 0.15) is 0 Å². The molecule has 4 fully saturated rings. The summed E-state index contributed by atoms with van der Waals surface area (Å²) in [6, 6.07) is 7.89. The minimum atomic E-state index is -0.674. The summed E-state index contributed by atoms with van der Waals surface area (Å²) in [6.45, 7) is 0. The van der Waals surface area contributed by atoms with E-state index in [-0.39, 0.29) is 11.3 Å². The van der Waals surface area contributed by atoms with Gasteiger partial charge in [-0.1, -0.05) is 18.2 Å². The highest BCUT2D eigenvalue weighted by Gasteiger charge is 2.54. The maximum Gasteiger partial charge on any atom is 0.352 e. The third-order valence-electron chi connectivity index (χ3n) is 6.14. The molecule has 26 heavy (non-hydrogen) atoms. The fourth-order valence-corrected chi connectivity index (χ4v) is 5.44. The smallest absolute Gasteiger partial charge is 0.273 e. The molecule has 0 heterocycles. The molecule has 0 radical (unpaired) electrons. The Kier molecular flexibility index (Phi) is 4.30. The highest BCUT2D eigenvalue weighted by Crippen LogP contribution is 2.59. The number of carbonyl (C=O) groups is 3. The van der Waals surface area contributed by atoms with E-state index in [0.717, 1.165) is 19.3 Å². The van der Waals surface area contributed by atoms with Gasteiger partial charge in [-0.3, -0.25) is 20.4 Å². The summed E-state index contributed by atoms with van der Waals surface area (Å²) in [5.41, 5.74) is 9.56. The molecular weight excluding hydrogens is 332 g/mol. The molecule has 1 aromatic rings. The Morgan fingerprint density at radius 2 is 1.31 bits per heavy atom. The van der Waals surface area contributed by atoms with E-state index in [9.17, 15) is 14.4 Å². The fraction of sp³-hybridized carbons (Fsp3) is 0.526. The van der Waals surface area contributed by atoms with Crippen LogP contribution < -0.4 is 21.7 Å². The highest BCUT2D eigenvalue weighted by atomic mass is 16.2. The Morgan fingerprint density at radius 3 is 1.88 bits per heavy atom. The zero-order valence-electron chi connectivity index (χ0n) is 14.6. The SMILES string of the molecule is O=C(NNC(=O)c1ccccc1)NNC(=O)C12CC3CC(CC(C3)C1)C2. The van der Waals surface area contributed by atoms with Crippen molar-refractivity contribution in [3.63, 3.8) is 0 Å². The lowest BCUT2D eigenvalue weighted by Crippen LogP contribution is -2.59. The molecule has 4 bridgehead atoms. The molecule has 0 unspecified atom stereocenters. The van der Waals surface area contributed by atoms with Crippen LogP contribution in [0, 0.1) is 23.2 Å². The topological polar surface area (TPSA) is 99.3 Å². The predicted octanol–water partition coefficient (Wildman–Crippen LogP) is 1.88. The summed E-state index contributed by atoms with van der Waals surface area (Å²) in [5.74, 6) is 1.46. The van der Waals surface area contributed by atoms with Crippen molar-refractivity contribution in [2.45, 2.75) is 38.5 Å². The Hall–Kier alpha value is -2.57. The van der Waals surface area contributed by atoms with E-state index in [1.807, 2.05) is 0 Å². The molecule has 0 aromatic heterocycles. The van der Waals surface area contributed by atoms with Crippen molar-refractivity contribution in [1.29, 1.82) is 0 Å². The van der Waals surface area contributed by atoms with Crippen LogP contribution in [0.4, 0.5) is 4.79 Å². The first-order valence-electron chi connectivity index (χ1n) is 9.26. The van der Waals surface area contributed by atoms with E-state index < -0.39 is 11.9 Å². The molecule has 5 rings (SSSR count). The van der Waals surface area contributed by atoms with Crippen LogP contribution in [-0.2, 0) is 4.79 Å². The van der Waals surface area contributed by atoms with Crippen molar-refractivity contribution in [1.82, 2.24) is 21.7 Å². The first-order valence-corrected chi connectivity index (χ1v) is 9.26. The van der Waals surface area contributed by atoms with Crippen molar-refractivity contribution in [2.75, 3.05) is 0 Å². The van der Waals surface area contributed by atoms with Crippen molar-refractivity contribution in [2.24, 2.45) is 23.2 Å². The van der Waals surface area contributed by atoms with E-state index >= 15 is 0 Å². The molecule has 4 amide bonds. The Morgan fingerprint density at radius 1 is 0.769 bits per heavy atom. The average Bonchev–Trinajstić information content (AvgIpc) is 2.63. The summed E-state index contributed by atoms with van der Waals surface area (Å²) in [5, 5.41) is 0. The van der Waals surface area contributed by atoms with E-state index in [2.05, 4.69) is 21.7 Å². The molecule has 0 atom stereocenters. The fourth-order valence-electron chi connectivity index (χ4n) is 5.44. The van der Waals surface area contributed by atoms with Crippen LogP contribution in [0.15, 0.2) is 30.3 Å². The van der Waals surface area contributed by atoms with Crippen molar-refractivity contribution in [3.05, 3.63) is 35.9 Å². The zero-order valence-corrected chi connectivity index (χ0v) is 14.6. The number of nitrogens with one attached hydrogen (secondary N) is 4. The highest BCUT2D eigenvalue weighted by molar-refractivity contribution is 5.95. The largest absolute Gasteiger partial charge is 0.352 e. The summed E-state index contributed by atoms with van der Waals surface area (Å²) >= 11 is 0. The lowest BCUT2D eigenvalue weighted by atomic mass is 9.49. The van der Waals surface area contributed by atoms with Crippen LogP contribution in [0.1, 0.15) is 48.9 Å². The summed E-state index contributed by atoms with van der Waals surface area (Å²) in [7, 11) is 0. The van der Waals surface area contributed by atoms with E-state index in [1.54, 1.807) is 30.3 Å². The van der Waals surface area contributed by atoms with Crippen molar-refractivity contribution < 1.29 is 14.4 Å². The molecule has 138 valence electrons.